The fourth-order valence-corrected chi connectivity index (χ4v) is 3.54. The third kappa shape index (κ3) is 3.84. The Morgan fingerprint density at radius 3 is 2.60 bits per heavy atom. The highest BCUT2D eigenvalue weighted by atomic mass is 79.9. The number of hydrogen-bond acceptors (Lipinski definition) is 2. The Morgan fingerprint density at radius 1 is 1.25 bits per heavy atom. The maximum Gasteiger partial charge on any atom is 0.0501 e. The molecule has 1 aromatic carbocycles. The molecule has 1 aromatic rings. The van der Waals surface area contributed by atoms with Crippen LogP contribution in [0.5, 0.6) is 0 Å². The molecule has 0 aromatic heterocycles. The van der Waals surface area contributed by atoms with Gasteiger partial charge in [0.05, 0.1) is 6.04 Å². The van der Waals surface area contributed by atoms with Crippen LogP contribution < -0.4 is 5.73 Å². The molecule has 1 heterocycles. The van der Waals surface area contributed by atoms with Crippen LogP contribution in [-0.4, -0.2) is 23.5 Å². The fourth-order valence-electron chi connectivity index (χ4n) is 3.28. The summed E-state index contributed by atoms with van der Waals surface area (Å²) in [6.07, 6.45) is 6.32. The molecular formula is C17H27BrN2. The predicted molar refractivity (Wildman–Crippen MR) is 89.8 cm³/mol. The zero-order chi connectivity index (χ0) is 14.5. The lowest BCUT2D eigenvalue weighted by Gasteiger charge is -2.39. The summed E-state index contributed by atoms with van der Waals surface area (Å²) in [6.45, 7) is 5.73. The first kappa shape index (κ1) is 16.0. The average Bonchev–Trinajstić information content (AvgIpc) is 2.66. The fraction of sp³-hybridized carbons (Fsp3) is 0.647. The van der Waals surface area contributed by atoms with Crippen molar-refractivity contribution in [2.75, 3.05) is 6.54 Å². The Morgan fingerprint density at radius 2 is 1.95 bits per heavy atom. The lowest BCUT2D eigenvalue weighted by molar-refractivity contribution is 0.124. The van der Waals surface area contributed by atoms with E-state index in [9.17, 15) is 0 Å². The number of hydrogen-bond donors (Lipinski definition) is 1. The summed E-state index contributed by atoms with van der Waals surface area (Å²) < 4.78 is 1.13. The van der Waals surface area contributed by atoms with Gasteiger partial charge in [-0.15, -0.1) is 0 Å². The van der Waals surface area contributed by atoms with Gasteiger partial charge in [0.15, 0.2) is 0 Å². The molecule has 0 amide bonds. The van der Waals surface area contributed by atoms with E-state index in [0.29, 0.717) is 12.1 Å². The highest BCUT2D eigenvalue weighted by Crippen LogP contribution is 2.31. The van der Waals surface area contributed by atoms with Gasteiger partial charge in [-0.1, -0.05) is 47.8 Å². The molecule has 3 heteroatoms. The standard InChI is InChI=1S/C17H27BrN2/c1-3-16(19)17(14-8-10-15(18)11-9-14)20-12-6-4-5-7-13(20)2/h8-11,13,16-17H,3-7,12,19H2,1-2H3. The van der Waals surface area contributed by atoms with Gasteiger partial charge in [0.25, 0.3) is 0 Å². The second kappa shape index (κ2) is 7.58. The minimum Gasteiger partial charge on any atom is -0.326 e. The minimum absolute atomic E-state index is 0.205. The Bertz CT molecular complexity index is 404. The van der Waals surface area contributed by atoms with Crippen LogP contribution in [0.3, 0.4) is 0 Å². The lowest BCUT2D eigenvalue weighted by atomic mass is 9.94. The molecule has 2 rings (SSSR count). The van der Waals surface area contributed by atoms with Gasteiger partial charge in [-0.25, -0.2) is 0 Å². The summed E-state index contributed by atoms with van der Waals surface area (Å²) in [5.74, 6) is 0. The second-order valence-electron chi connectivity index (χ2n) is 6.00. The van der Waals surface area contributed by atoms with Crippen molar-refractivity contribution in [2.24, 2.45) is 5.73 Å². The summed E-state index contributed by atoms with van der Waals surface area (Å²) in [7, 11) is 0. The third-order valence-corrected chi connectivity index (χ3v) is 5.08. The highest BCUT2D eigenvalue weighted by molar-refractivity contribution is 9.10. The van der Waals surface area contributed by atoms with E-state index in [4.69, 9.17) is 5.73 Å². The van der Waals surface area contributed by atoms with Crippen molar-refractivity contribution in [1.82, 2.24) is 4.90 Å². The second-order valence-corrected chi connectivity index (χ2v) is 6.92. The van der Waals surface area contributed by atoms with E-state index in [-0.39, 0.29) is 6.04 Å². The molecule has 0 saturated carbocycles. The number of benzene rings is 1. The zero-order valence-corrected chi connectivity index (χ0v) is 14.3. The van der Waals surface area contributed by atoms with E-state index in [1.165, 1.54) is 37.8 Å². The van der Waals surface area contributed by atoms with Crippen LogP contribution in [0.1, 0.15) is 57.6 Å². The SMILES string of the molecule is CCC(N)C(c1ccc(Br)cc1)N1CCCCCC1C. The number of nitrogens with zero attached hydrogens (tertiary/aromatic N) is 1. The van der Waals surface area contributed by atoms with Crippen molar-refractivity contribution in [3.8, 4) is 0 Å². The van der Waals surface area contributed by atoms with Crippen molar-refractivity contribution >= 4 is 15.9 Å². The van der Waals surface area contributed by atoms with Crippen LogP contribution in [-0.2, 0) is 0 Å². The molecule has 0 spiro atoms. The molecule has 20 heavy (non-hydrogen) atoms. The van der Waals surface area contributed by atoms with E-state index < -0.39 is 0 Å². The van der Waals surface area contributed by atoms with E-state index >= 15 is 0 Å². The molecule has 2 N–H and O–H groups in total. The van der Waals surface area contributed by atoms with Crippen LogP contribution >= 0.6 is 15.9 Å². The zero-order valence-electron chi connectivity index (χ0n) is 12.7. The summed E-state index contributed by atoms with van der Waals surface area (Å²) in [4.78, 5) is 2.64. The molecule has 3 atom stereocenters. The molecule has 1 fully saturated rings. The summed E-state index contributed by atoms with van der Waals surface area (Å²) >= 11 is 3.52. The van der Waals surface area contributed by atoms with E-state index in [1.54, 1.807) is 0 Å². The lowest BCUT2D eigenvalue weighted by Crippen LogP contribution is -2.45. The maximum absolute atomic E-state index is 6.48. The molecule has 1 saturated heterocycles. The first-order valence-corrected chi connectivity index (χ1v) is 8.69. The number of halogens is 1. The van der Waals surface area contributed by atoms with Gasteiger partial charge in [-0.05, 0) is 50.4 Å². The van der Waals surface area contributed by atoms with Gasteiger partial charge < -0.3 is 5.73 Å². The molecule has 0 radical (unpaired) electrons. The van der Waals surface area contributed by atoms with Crippen molar-refractivity contribution < 1.29 is 0 Å². The monoisotopic (exact) mass is 338 g/mol. The van der Waals surface area contributed by atoms with Crippen LogP contribution in [0.2, 0.25) is 0 Å². The normalized spacial score (nSPS) is 24.1. The van der Waals surface area contributed by atoms with E-state index in [2.05, 4.69) is 58.9 Å². The van der Waals surface area contributed by atoms with Crippen LogP contribution in [0, 0.1) is 0 Å². The Kier molecular flexibility index (Phi) is 6.06. The maximum atomic E-state index is 6.48. The van der Waals surface area contributed by atoms with Gasteiger partial charge in [0.1, 0.15) is 0 Å². The smallest absolute Gasteiger partial charge is 0.0501 e. The highest BCUT2D eigenvalue weighted by Gasteiger charge is 2.29. The molecular weight excluding hydrogens is 312 g/mol. The van der Waals surface area contributed by atoms with Crippen LogP contribution in [0.25, 0.3) is 0 Å². The van der Waals surface area contributed by atoms with Crippen molar-refractivity contribution in [1.29, 1.82) is 0 Å². The largest absolute Gasteiger partial charge is 0.326 e. The first-order valence-electron chi connectivity index (χ1n) is 7.90. The van der Waals surface area contributed by atoms with Gasteiger partial charge in [-0.2, -0.15) is 0 Å². The van der Waals surface area contributed by atoms with E-state index in [1.807, 2.05) is 0 Å². The molecule has 1 aliphatic rings. The van der Waals surface area contributed by atoms with Crippen molar-refractivity contribution in [2.45, 2.75) is 64.1 Å². The van der Waals surface area contributed by atoms with Gasteiger partial charge in [-0.3, -0.25) is 4.90 Å². The Balaban J connectivity index is 2.28. The average molecular weight is 339 g/mol. The molecule has 112 valence electrons. The molecule has 1 aliphatic heterocycles. The van der Waals surface area contributed by atoms with Crippen LogP contribution in [0.4, 0.5) is 0 Å². The topological polar surface area (TPSA) is 29.3 Å². The van der Waals surface area contributed by atoms with Crippen LogP contribution in [0.15, 0.2) is 28.7 Å². The summed E-state index contributed by atoms with van der Waals surface area (Å²) in [6, 6.07) is 9.89. The molecule has 0 bridgehead atoms. The Labute approximate surface area is 131 Å². The van der Waals surface area contributed by atoms with Crippen molar-refractivity contribution in [3.05, 3.63) is 34.3 Å². The number of likely N-dealkylation sites (tertiary alicyclic amines) is 1. The van der Waals surface area contributed by atoms with E-state index in [0.717, 1.165) is 10.9 Å². The molecule has 3 unspecified atom stereocenters. The van der Waals surface area contributed by atoms with Gasteiger partial charge >= 0.3 is 0 Å². The Hall–Kier alpha value is -0.380. The molecule has 0 aliphatic carbocycles. The number of nitrogens with two attached hydrogens (primary N) is 1. The molecule has 2 nitrogen and oxygen atoms in total. The summed E-state index contributed by atoms with van der Waals surface area (Å²) in [5, 5.41) is 0. The first-order chi connectivity index (χ1) is 9.63. The predicted octanol–water partition coefficient (Wildman–Crippen LogP) is 4.49. The van der Waals surface area contributed by atoms with Gasteiger partial charge in [0, 0.05) is 16.6 Å². The minimum atomic E-state index is 0.205. The third-order valence-electron chi connectivity index (χ3n) is 4.55. The summed E-state index contributed by atoms with van der Waals surface area (Å²) in [5.41, 5.74) is 7.84. The van der Waals surface area contributed by atoms with Gasteiger partial charge in [0.2, 0.25) is 0 Å². The van der Waals surface area contributed by atoms with Crippen molar-refractivity contribution in [3.63, 3.8) is 0 Å². The quantitative estimate of drug-likeness (QED) is 0.876. The number of rotatable bonds is 4.